The summed E-state index contributed by atoms with van der Waals surface area (Å²) in [6.07, 6.45) is 4.77. The lowest BCUT2D eigenvalue weighted by atomic mass is 10.4. The van der Waals surface area contributed by atoms with Crippen molar-refractivity contribution >= 4 is 0 Å². The molecule has 0 amide bonds. The molecule has 0 bridgehead atoms. The maximum atomic E-state index is 4.41. The molecule has 1 aromatic heterocycles. The highest BCUT2D eigenvalue weighted by Gasteiger charge is 2.20. The Labute approximate surface area is 72.8 Å². The van der Waals surface area contributed by atoms with E-state index >= 15 is 0 Å². The monoisotopic (exact) mass is 165 g/mol. The van der Waals surface area contributed by atoms with Gasteiger partial charge in [-0.15, -0.1) is 0 Å². The van der Waals surface area contributed by atoms with E-state index in [0.717, 1.165) is 24.1 Å². The first-order valence-electron chi connectivity index (χ1n) is 4.48. The molecule has 0 atom stereocenters. The lowest BCUT2D eigenvalue weighted by molar-refractivity contribution is 0.676. The molecule has 3 heteroatoms. The van der Waals surface area contributed by atoms with Crippen molar-refractivity contribution in [1.29, 1.82) is 0 Å². The maximum absolute atomic E-state index is 4.41. The van der Waals surface area contributed by atoms with Crippen LogP contribution >= 0.6 is 0 Å². The highest BCUT2D eigenvalue weighted by Crippen LogP contribution is 2.19. The number of imidazole rings is 1. The molecule has 0 saturated heterocycles. The van der Waals surface area contributed by atoms with Crippen LogP contribution in [-0.4, -0.2) is 15.6 Å². The molecule has 0 radical (unpaired) electrons. The van der Waals surface area contributed by atoms with E-state index in [1.165, 1.54) is 12.8 Å². The minimum Gasteiger partial charge on any atom is -0.338 e. The van der Waals surface area contributed by atoms with Crippen LogP contribution < -0.4 is 5.32 Å². The molecule has 66 valence electrons. The number of aryl methyl sites for hydroxylation is 2. The summed E-state index contributed by atoms with van der Waals surface area (Å²) >= 11 is 0. The summed E-state index contributed by atoms with van der Waals surface area (Å²) in [6.45, 7) is 2.95. The van der Waals surface area contributed by atoms with Crippen LogP contribution in [0.15, 0.2) is 6.20 Å². The molecule has 12 heavy (non-hydrogen) atoms. The minimum absolute atomic E-state index is 0.771. The number of nitrogens with one attached hydrogen (secondary N) is 1. The van der Waals surface area contributed by atoms with Gasteiger partial charge in [0.1, 0.15) is 5.82 Å². The van der Waals surface area contributed by atoms with Gasteiger partial charge in [0.25, 0.3) is 0 Å². The van der Waals surface area contributed by atoms with Crippen molar-refractivity contribution in [2.45, 2.75) is 32.4 Å². The summed E-state index contributed by atoms with van der Waals surface area (Å²) in [5.41, 5.74) is 1.15. The molecular formula is C9H15N3. The Bertz CT molecular complexity index is 254. The van der Waals surface area contributed by atoms with Crippen molar-refractivity contribution in [3.63, 3.8) is 0 Å². The van der Waals surface area contributed by atoms with Gasteiger partial charge in [0.05, 0.1) is 5.69 Å². The lowest BCUT2D eigenvalue weighted by Gasteiger charge is -1.96. The average Bonchev–Trinajstić information content (AvgIpc) is 2.78. The Morgan fingerprint density at radius 3 is 2.92 bits per heavy atom. The molecule has 1 N–H and O–H groups in total. The van der Waals surface area contributed by atoms with E-state index in [9.17, 15) is 0 Å². The first-order valence-corrected chi connectivity index (χ1v) is 4.48. The molecule has 0 spiro atoms. The Hall–Kier alpha value is -0.830. The molecule has 1 saturated carbocycles. The van der Waals surface area contributed by atoms with Crippen molar-refractivity contribution < 1.29 is 0 Å². The third-order valence-corrected chi connectivity index (χ3v) is 2.31. The summed E-state index contributed by atoms with van der Waals surface area (Å²) in [5.74, 6) is 1.09. The number of aromatic nitrogens is 2. The Morgan fingerprint density at radius 1 is 1.67 bits per heavy atom. The van der Waals surface area contributed by atoms with Gasteiger partial charge in [-0.1, -0.05) is 0 Å². The summed E-state index contributed by atoms with van der Waals surface area (Å²) in [7, 11) is 2.03. The van der Waals surface area contributed by atoms with E-state index in [4.69, 9.17) is 0 Å². The van der Waals surface area contributed by atoms with Crippen LogP contribution in [0.3, 0.4) is 0 Å². The standard InChI is InChI=1S/C9H15N3/c1-7-11-9(6-12(7)2)5-10-8-3-4-8/h6,8,10H,3-5H2,1-2H3. The van der Waals surface area contributed by atoms with E-state index in [-0.39, 0.29) is 0 Å². The van der Waals surface area contributed by atoms with Gasteiger partial charge in [0.15, 0.2) is 0 Å². The van der Waals surface area contributed by atoms with Crippen molar-refractivity contribution in [3.05, 3.63) is 17.7 Å². The van der Waals surface area contributed by atoms with E-state index in [0.29, 0.717) is 0 Å². The topological polar surface area (TPSA) is 29.9 Å². The van der Waals surface area contributed by atoms with Gasteiger partial charge in [-0.2, -0.15) is 0 Å². The van der Waals surface area contributed by atoms with Gasteiger partial charge in [-0.3, -0.25) is 0 Å². The van der Waals surface area contributed by atoms with Crippen molar-refractivity contribution in [2.24, 2.45) is 7.05 Å². The second kappa shape index (κ2) is 2.90. The van der Waals surface area contributed by atoms with Crippen LogP contribution in [0.5, 0.6) is 0 Å². The number of hydrogen-bond acceptors (Lipinski definition) is 2. The van der Waals surface area contributed by atoms with E-state index < -0.39 is 0 Å². The lowest BCUT2D eigenvalue weighted by Crippen LogP contribution is -2.15. The normalized spacial score (nSPS) is 16.8. The molecule has 1 aliphatic carbocycles. The molecule has 3 nitrogen and oxygen atoms in total. The maximum Gasteiger partial charge on any atom is 0.105 e. The van der Waals surface area contributed by atoms with Gasteiger partial charge in [-0.25, -0.2) is 4.98 Å². The fourth-order valence-electron chi connectivity index (χ4n) is 1.25. The van der Waals surface area contributed by atoms with Crippen LogP contribution in [0.2, 0.25) is 0 Å². The van der Waals surface area contributed by atoms with Gasteiger partial charge in [0, 0.05) is 25.8 Å². The second-order valence-corrected chi connectivity index (χ2v) is 3.55. The molecule has 0 aliphatic heterocycles. The van der Waals surface area contributed by atoms with Crippen LogP contribution in [0.4, 0.5) is 0 Å². The third kappa shape index (κ3) is 1.67. The van der Waals surface area contributed by atoms with Crippen molar-refractivity contribution in [3.8, 4) is 0 Å². The second-order valence-electron chi connectivity index (χ2n) is 3.55. The predicted molar refractivity (Wildman–Crippen MR) is 47.8 cm³/mol. The number of rotatable bonds is 3. The molecule has 1 aliphatic rings. The van der Waals surface area contributed by atoms with Gasteiger partial charge in [-0.05, 0) is 19.8 Å². The van der Waals surface area contributed by atoms with Crippen LogP contribution in [0.25, 0.3) is 0 Å². The van der Waals surface area contributed by atoms with E-state index in [2.05, 4.69) is 21.1 Å². The van der Waals surface area contributed by atoms with Crippen molar-refractivity contribution in [2.75, 3.05) is 0 Å². The average molecular weight is 165 g/mol. The van der Waals surface area contributed by atoms with Crippen LogP contribution in [0, 0.1) is 6.92 Å². The molecule has 0 unspecified atom stereocenters. The zero-order valence-corrected chi connectivity index (χ0v) is 7.67. The zero-order valence-electron chi connectivity index (χ0n) is 7.67. The van der Waals surface area contributed by atoms with Gasteiger partial charge >= 0.3 is 0 Å². The largest absolute Gasteiger partial charge is 0.338 e. The Morgan fingerprint density at radius 2 is 2.42 bits per heavy atom. The fraction of sp³-hybridized carbons (Fsp3) is 0.667. The van der Waals surface area contributed by atoms with Crippen molar-refractivity contribution in [1.82, 2.24) is 14.9 Å². The number of nitrogens with zero attached hydrogens (tertiary/aromatic N) is 2. The molecule has 1 heterocycles. The van der Waals surface area contributed by atoms with Crippen LogP contribution in [-0.2, 0) is 13.6 Å². The summed E-state index contributed by atoms with van der Waals surface area (Å²) < 4.78 is 2.06. The molecular weight excluding hydrogens is 150 g/mol. The highest BCUT2D eigenvalue weighted by molar-refractivity contribution is 5.02. The number of hydrogen-bond donors (Lipinski definition) is 1. The smallest absolute Gasteiger partial charge is 0.105 e. The Kier molecular flexibility index (Phi) is 1.89. The predicted octanol–water partition coefficient (Wildman–Crippen LogP) is 0.981. The SMILES string of the molecule is Cc1nc(CNC2CC2)cn1C. The van der Waals surface area contributed by atoms with E-state index in [1.807, 2.05) is 14.0 Å². The molecule has 2 rings (SSSR count). The summed E-state index contributed by atoms with van der Waals surface area (Å²) in [6, 6.07) is 0.771. The van der Waals surface area contributed by atoms with E-state index in [1.54, 1.807) is 0 Å². The third-order valence-electron chi connectivity index (χ3n) is 2.31. The quantitative estimate of drug-likeness (QED) is 0.723. The summed E-state index contributed by atoms with van der Waals surface area (Å²) in [4.78, 5) is 4.41. The van der Waals surface area contributed by atoms with Gasteiger partial charge in [0.2, 0.25) is 0 Å². The highest BCUT2D eigenvalue weighted by atomic mass is 15.1. The first-order chi connectivity index (χ1) is 5.75. The fourth-order valence-corrected chi connectivity index (χ4v) is 1.25. The minimum atomic E-state index is 0.771. The Balaban J connectivity index is 1.93. The van der Waals surface area contributed by atoms with Crippen LogP contribution in [0.1, 0.15) is 24.4 Å². The van der Waals surface area contributed by atoms with Gasteiger partial charge < -0.3 is 9.88 Å². The first kappa shape index (κ1) is 7.80. The zero-order chi connectivity index (χ0) is 8.55. The molecule has 1 aromatic rings. The molecule has 1 fully saturated rings. The molecule has 0 aromatic carbocycles. The summed E-state index contributed by atoms with van der Waals surface area (Å²) in [5, 5.41) is 3.44.